The molecule has 2 saturated heterocycles. The molecular formula is C13H25NO4. The molecular weight excluding hydrogens is 234 g/mol. The Bertz CT molecular complexity index is 237. The van der Waals surface area contributed by atoms with E-state index in [1.807, 2.05) is 0 Å². The van der Waals surface area contributed by atoms with Gasteiger partial charge in [0.05, 0.1) is 32.0 Å². The van der Waals surface area contributed by atoms with E-state index in [4.69, 9.17) is 14.2 Å². The van der Waals surface area contributed by atoms with Crippen molar-refractivity contribution >= 4 is 0 Å². The number of nitrogens with one attached hydrogen (secondary N) is 1. The largest absolute Gasteiger partial charge is 0.390 e. The third kappa shape index (κ3) is 4.17. The maximum absolute atomic E-state index is 10.6. The predicted octanol–water partition coefficient (Wildman–Crippen LogP) is 0.312. The van der Waals surface area contributed by atoms with Crippen molar-refractivity contribution in [1.82, 2.24) is 5.32 Å². The highest BCUT2D eigenvalue weighted by atomic mass is 16.5. The van der Waals surface area contributed by atoms with E-state index in [1.54, 1.807) is 7.11 Å². The molecule has 2 rings (SSSR count). The van der Waals surface area contributed by atoms with Crippen LogP contribution in [0, 0.1) is 0 Å². The molecule has 2 bridgehead atoms. The maximum atomic E-state index is 10.6. The molecule has 0 spiro atoms. The van der Waals surface area contributed by atoms with Crippen molar-refractivity contribution in [3.8, 4) is 0 Å². The Kier molecular flexibility index (Phi) is 5.38. The lowest BCUT2D eigenvalue weighted by Crippen LogP contribution is -2.59. The SMILES string of the molecule is COCCOCCCC1(O)CC2COCC(C1)N2. The Labute approximate surface area is 109 Å². The summed E-state index contributed by atoms with van der Waals surface area (Å²) in [5.74, 6) is 0. The summed E-state index contributed by atoms with van der Waals surface area (Å²) in [5.41, 5.74) is -0.533. The van der Waals surface area contributed by atoms with Crippen LogP contribution in [0.1, 0.15) is 25.7 Å². The summed E-state index contributed by atoms with van der Waals surface area (Å²) in [7, 11) is 1.67. The van der Waals surface area contributed by atoms with E-state index in [-0.39, 0.29) is 0 Å². The summed E-state index contributed by atoms with van der Waals surface area (Å²) in [6, 6.07) is 0.633. The molecule has 2 atom stereocenters. The molecule has 0 aromatic carbocycles. The molecule has 0 amide bonds. The molecule has 106 valence electrons. The lowest BCUT2D eigenvalue weighted by atomic mass is 9.80. The summed E-state index contributed by atoms with van der Waals surface area (Å²) >= 11 is 0. The summed E-state index contributed by atoms with van der Waals surface area (Å²) in [6.07, 6.45) is 3.30. The fourth-order valence-corrected chi connectivity index (χ4v) is 2.97. The summed E-state index contributed by atoms with van der Waals surface area (Å²) in [6.45, 7) is 3.42. The molecule has 2 unspecified atom stereocenters. The van der Waals surface area contributed by atoms with Gasteiger partial charge < -0.3 is 24.6 Å². The fraction of sp³-hybridized carbons (Fsp3) is 1.00. The molecule has 0 aromatic heterocycles. The van der Waals surface area contributed by atoms with Crippen LogP contribution >= 0.6 is 0 Å². The summed E-state index contributed by atoms with van der Waals surface area (Å²) in [4.78, 5) is 0. The van der Waals surface area contributed by atoms with Gasteiger partial charge in [0.2, 0.25) is 0 Å². The van der Waals surface area contributed by atoms with E-state index in [0.717, 1.165) is 38.9 Å². The number of morpholine rings is 1. The van der Waals surface area contributed by atoms with E-state index in [1.165, 1.54) is 0 Å². The quantitative estimate of drug-likeness (QED) is 0.645. The van der Waals surface area contributed by atoms with Crippen LogP contribution in [0.15, 0.2) is 0 Å². The smallest absolute Gasteiger partial charge is 0.0700 e. The molecule has 18 heavy (non-hydrogen) atoms. The summed E-state index contributed by atoms with van der Waals surface area (Å²) in [5, 5.41) is 14.1. The topological polar surface area (TPSA) is 60.0 Å². The monoisotopic (exact) mass is 259 g/mol. The van der Waals surface area contributed by atoms with Gasteiger partial charge in [-0.05, 0) is 25.7 Å². The lowest BCUT2D eigenvalue weighted by Gasteiger charge is -2.45. The van der Waals surface area contributed by atoms with Gasteiger partial charge in [-0.25, -0.2) is 0 Å². The molecule has 2 fully saturated rings. The average Bonchev–Trinajstić information content (AvgIpc) is 2.33. The van der Waals surface area contributed by atoms with E-state index >= 15 is 0 Å². The normalized spacial score (nSPS) is 35.7. The number of hydrogen-bond donors (Lipinski definition) is 2. The van der Waals surface area contributed by atoms with Gasteiger partial charge in [0.15, 0.2) is 0 Å². The fourth-order valence-electron chi connectivity index (χ4n) is 2.97. The van der Waals surface area contributed by atoms with Crippen LogP contribution in [0.5, 0.6) is 0 Å². The zero-order valence-corrected chi connectivity index (χ0v) is 11.2. The van der Waals surface area contributed by atoms with Gasteiger partial charge in [0.25, 0.3) is 0 Å². The number of methoxy groups -OCH3 is 1. The minimum absolute atomic E-state index is 0.317. The van der Waals surface area contributed by atoms with Crippen molar-refractivity contribution in [2.45, 2.75) is 43.4 Å². The minimum atomic E-state index is -0.533. The van der Waals surface area contributed by atoms with E-state index in [0.29, 0.717) is 31.9 Å². The first kappa shape index (κ1) is 14.2. The van der Waals surface area contributed by atoms with Crippen molar-refractivity contribution in [1.29, 1.82) is 0 Å². The van der Waals surface area contributed by atoms with Gasteiger partial charge >= 0.3 is 0 Å². The number of piperidine rings is 1. The van der Waals surface area contributed by atoms with E-state index < -0.39 is 5.60 Å². The third-order valence-electron chi connectivity index (χ3n) is 3.72. The van der Waals surface area contributed by atoms with Crippen molar-refractivity contribution in [3.63, 3.8) is 0 Å². The van der Waals surface area contributed by atoms with Crippen molar-refractivity contribution in [2.24, 2.45) is 0 Å². The van der Waals surface area contributed by atoms with Gasteiger partial charge in [0.1, 0.15) is 0 Å². The van der Waals surface area contributed by atoms with Gasteiger partial charge in [-0.3, -0.25) is 0 Å². The van der Waals surface area contributed by atoms with Gasteiger partial charge in [-0.1, -0.05) is 0 Å². The molecule has 2 aliphatic rings. The molecule has 0 aromatic rings. The number of rotatable bonds is 7. The molecule has 2 heterocycles. The van der Waals surface area contributed by atoms with Crippen molar-refractivity contribution in [2.75, 3.05) is 40.1 Å². The van der Waals surface area contributed by atoms with Gasteiger partial charge in [-0.15, -0.1) is 0 Å². The molecule has 0 aliphatic carbocycles. The van der Waals surface area contributed by atoms with Gasteiger partial charge in [-0.2, -0.15) is 0 Å². The Morgan fingerprint density at radius 1 is 1.22 bits per heavy atom. The number of aliphatic hydroxyl groups is 1. The van der Waals surface area contributed by atoms with E-state index in [9.17, 15) is 5.11 Å². The Balaban J connectivity index is 1.65. The van der Waals surface area contributed by atoms with Crippen LogP contribution in [0.25, 0.3) is 0 Å². The first-order valence-electron chi connectivity index (χ1n) is 6.85. The second kappa shape index (κ2) is 6.82. The third-order valence-corrected chi connectivity index (χ3v) is 3.72. The number of ether oxygens (including phenoxy) is 3. The molecule has 0 saturated carbocycles. The highest BCUT2D eigenvalue weighted by Gasteiger charge is 2.40. The highest BCUT2D eigenvalue weighted by Crippen LogP contribution is 2.31. The Morgan fingerprint density at radius 2 is 1.94 bits per heavy atom. The number of hydrogen-bond acceptors (Lipinski definition) is 5. The Morgan fingerprint density at radius 3 is 2.61 bits per heavy atom. The zero-order chi connectivity index (χ0) is 12.8. The average molecular weight is 259 g/mol. The van der Waals surface area contributed by atoms with Crippen LogP contribution < -0.4 is 5.32 Å². The van der Waals surface area contributed by atoms with Crippen LogP contribution in [0.2, 0.25) is 0 Å². The van der Waals surface area contributed by atoms with Crippen LogP contribution in [0.3, 0.4) is 0 Å². The predicted molar refractivity (Wildman–Crippen MR) is 67.6 cm³/mol. The lowest BCUT2D eigenvalue weighted by molar-refractivity contribution is -0.0831. The van der Waals surface area contributed by atoms with Crippen LogP contribution in [-0.2, 0) is 14.2 Å². The van der Waals surface area contributed by atoms with Crippen LogP contribution in [-0.4, -0.2) is 62.9 Å². The Hall–Kier alpha value is -0.200. The molecule has 2 N–H and O–H groups in total. The first-order chi connectivity index (χ1) is 8.72. The second-order valence-corrected chi connectivity index (χ2v) is 5.44. The van der Waals surface area contributed by atoms with Gasteiger partial charge in [0, 0.05) is 25.8 Å². The van der Waals surface area contributed by atoms with Crippen LogP contribution in [0.4, 0.5) is 0 Å². The molecule has 0 radical (unpaired) electrons. The zero-order valence-electron chi connectivity index (χ0n) is 11.2. The van der Waals surface area contributed by atoms with Crippen molar-refractivity contribution in [3.05, 3.63) is 0 Å². The molecule has 2 aliphatic heterocycles. The highest BCUT2D eigenvalue weighted by molar-refractivity contribution is 4.97. The molecule has 5 heteroatoms. The standard InChI is InChI=1S/C13H25NO4/c1-16-5-6-17-4-2-3-13(15)7-11-9-18-10-12(8-13)14-11/h11-12,14-15H,2-10H2,1H3. The van der Waals surface area contributed by atoms with Crippen molar-refractivity contribution < 1.29 is 19.3 Å². The first-order valence-corrected chi connectivity index (χ1v) is 6.85. The minimum Gasteiger partial charge on any atom is -0.390 e. The summed E-state index contributed by atoms with van der Waals surface area (Å²) < 4.78 is 15.8. The van der Waals surface area contributed by atoms with E-state index in [2.05, 4.69) is 5.32 Å². The molecule has 5 nitrogen and oxygen atoms in total. The number of fused-ring (bicyclic) bond motifs is 2. The maximum Gasteiger partial charge on any atom is 0.0700 e. The second-order valence-electron chi connectivity index (χ2n) is 5.44.